The highest BCUT2D eigenvalue weighted by Gasteiger charge is 2.23. The molecule has 0 bridgehead atoms. The maximum absolute atomic E-state index is 12.4. The van der Waals surface area contributed by atoms with E-state index in [-0.39, 0.29) is 29.6 Å². The van der Waals surface area contributed by atoms with Gasteiger partial charge in [0.1, 0.15) is 6.54 Å². The summed E-state index contributed by atoms with van der Waals surface area (Å²) in [6.45, 7) is 1.97. The molecule has 0 aliphatic heterocycles. The SMILES string of the molecule is C[C@H]1CCCC[C@H]1NC(=O)Cn1[nH]c(=O)c2ccccc2c1=O. The normalized spacial score (nSPS) is 21.3. The van der Waals surface area contributed by atoms with E-state index in [1.807, 2.05) is 0 Å². The standard InChI is InChI=1S/C17H21N3O3/c1-11-6-2-5-9-14(11)18-15(21)10-20-17(23)13-8-4-3-7-12(13)16(22)19-20/h3-4,7-8,11,14H,2,5-6,9-10H2,1H3,(H,18,21)(H,19,22)/t11-,14+/m0/s1. The van der Waals surface area contributed by atoms with Gasteiger partial charge in [-0.3, -0.25) is 19.5 Å². The van der Waals surface area contributed by atoms with Gasteiger partial charge in [0, 0.05) is 6.04 Å². The molecule has 1 aliphatic rings. The van der Waals surface area contributed by atoms with Crippen LogP contribution in [0.5, 0.6) is 0 Å². The first-order valence-corrected chi connectivity index (χ1v) is 8.07. The molecule has 1 aromatic heterocycles. The van der Waals surface area contributed by atoms with Crippen molar-refractivity contribution in [1.82, 2.24) is 15.1 Å². The van der Waals surface area contributed by atoms with Gasteiger partial charge in [0.25, 0.3) is 11.1 Å². The van der Waals surface area contributed by atoms with Crippen LogP contribution in [0.15, 0.2) is 33.9 Å². The number of benzene rings is 1. The van der Waals surface area contributed by atoms with E-state index in [1.54, 1.807) is 24.3 Å². The zero-order chi connectivity index (χ0) is 16.4. The molecule has 1 amide bonds. The topological polar surface area (TPSA) is 84.0 Å². The zero-order valence-corrected chi connectivity index (χ0v) is 13.2. The lowest BCUT2D eigenvalue weighted by Gasteiger charge is -2.29. The summed E-state index contributed by atoms with van der Waals surface area (Å²) in [6, 6.07) is 6.77. The van der Waals surface area contributed by atoms with E-state index in [0.29, 0.717) is 16.7 Å². The van der Waals surface area contributed by atoms with Crippen molar-refractivity contribution in [3.05, 3.63) is 45.0 Å². The van der Waals surface area contributed by atoms with Crippen LogP contribution in [0.4, 0.5) is 0 Å². The summed E-state index contributed by atoms with van der Waals surface area (Å²) in [5, 5.41) is 6.15. The summed E-state index contributed by atoms with van der Waals surface area (Å²) in [6.07, 6.45) is 4.39. The Kier molecular flexibility index (Phi) is 4.32. The van der Waals surface area contributed by atoms with Crippen molar-refractivity contribution in [3.8, 4) is 0 Å². The summed E-state index contributed by atoms with van der Waals surface area (Å²) < 4.78 is 1.09. The predicted molar refractivity (Wildman–Crippen MR) is 88.4 cm³/mol. The second kappa shape index (κ2) is 6.40. The van der Waals surface area contributed by atoms with Crippen LogP contribution < -0.4 is 16.4 Å². The maximum atomic E-state index is 12.4. The number of carbonyl (C=O) groups is 1. The van der Waals surface area contributed by atoms with Crippen LogP contribution in [0, 0.1) is 5.92 Å². The molecular formula is C17H21N3O3. The number of rotatable bonds is 3. The van der Waals surface area contributed by atoms with Crippen LogP contribution in [0.2, 0.25) is 0 Å². The van der Waals surface area contributed by atoms with Crippen molar-refractivity contribution in [2.24, 2.45) is 5.92 Å². The van der Waals surface area contributed by atoms with Crippen LogP contribution in [0.3, 0.4) is 0 Å². The Labute approximate surface area is 133 Å². The number of fused-ring (bicyclic) bond motifs is 1. The van der Waals surface area contributed by atoms with Gasteiger partial charge in [0.2, 0.25) is 5.91 Å². The maximum Gasteiger partial charge on any atom is 0.273 e. The average molecular weight is 315 g/mol. The molecule has 1 aliphatic carbocycles. The third kappa shape index (κ3) is 3.21. The summed E-state index contributed by atoms with van der Waals surface area (Å²) in [5.74, 6) is 0.205. The largest absolute Gasteiger partial charge is 0.351 e. The average Bonchev–Trinajstić information content (AvgIpc) is 2.54. The highest BCUT2D eigenvalue weighted by atomic mass is 16.2. The number of aromatic amines is 1. The van der Waals surface area contributed by atoms with Crippen molar-refractivity contribution < 1.29 is 4.79 Å². The Bertz CT molecular complexity index is 837. The van der Waals surface area contributed by atoms with E-state index in [9.17, 15) is 14.4 Å². The fourth-order valence-corrected chi connectivity index (χ4v) is 3.28. The number of amides is 1. The third-order valence-corrected chi connectivity index (χ3v) is 4.64. The Hall–Kier alpha value is -2.37. The van der Waals surface area contributed by atoms with Gasteiger partial charge in [-0.05, 0) is 30.9 Å². The van der Waals surface area contributed by atoms with Gasteiger partial charge in [-0.25, -0.2) is 4.68 Å². The summed E-state index contributed by atoms with van der Waals surface area (Å²) in [4.78, 5) is 36.6. The number of aromatic nitrogens is 2. The summed E-state index contributed by atoms with van der Waals surface area (Å²) >= 11 is 0. The van der Waals surface area contributed by atoms with Gasteiger partial charge in [0.15, 0.2) is 0 Å². The van der Waals surface area contributed by atoms with E-state index < -0.39 is 0 Å². The molecular weight excluding hydrogens is 294 g/mol. The van der Waals surface area contributed by atoms with E-state index in [1.165, 1.54) is 6.42 Å². The second-order valence-electron chi connectivity index (χ2n) is 6.31. The van der Waals surface area contributed by atoms with Crippen molar-refractivity contribution in [1.29, 1.82) is 0 Å². The number of hydrogen-bond acceptors (Lipinski definition) is 3. The van der Waals surface area contributed by atoms with E-state index >= 15 is 0 Å². The lowest BCUT2D eigenvalue weighted by atomic mass is 9.86. The fraction of sp³-hybridized carbons (Fsp3) is 0.471. The first-order chi connectivity index (χ1) is 11.1. The molecule has 0 spiro atoms. The van der Waals surface area contributed by atoms with Crippen LogP contribution in [0.25, 0.3) is 10.8 Å². The van der Waals surface area contributed by atoms with E-state index in [4.69, 9.17) is 0 Å². The highest BCUT2D eigenvalue weighted by molar-refractivity contribution is 5.81. The molecule has 6 nitrogen and oxygen atoms in total. The quantitative estimate of drug-likeness (QED) is 0.897. The van der Waals surface area contributed by atoms with Gasteiger partial charge in [0.05, 0.1) is 10.8 Å². The molecule has 1 heterocycles. The fourth-order valence-electron chi connectivity index (χ4n) is 3.28. The minimum Gasteiger partial charge on any atom is -0.351 e. The number of nitrogens with zero attached hydrogens (tertiary/aromatic N) is 1. The Morgan fingerprint density at radius 2 is 1.91 bits per heavy atom. The molecule has 2 N–H and O–H groups in total. The molecule has 0 unspecified atom stereocenters. The Morgan fingerprint density at radius 3 is 2.65 bits per heavy atom. The van der Waals surface area contributed by atoms with Crippen LogP contribution in [-0.2, 0) is 11.3 Å². The van der Waals surface area contributed by atoms with Crippen molar-refractivity contribution in [2.45, 2.75) is 45.2 Å². The molecule has 1 aromatic carbocycles. The predicted octanol–water partition coefficient (Wildman–Crippen LogP) is 1.38. The number of hydrogen-bond donors (Lipinski definition) is 2. The van der Waals surface area contributed by atoms with Gasteiger partial charge in [-0.15, -0.1) is 0 Å². The zero-order valence-electron chi connectivity index (χ0n) is 13.2. The number of carbonyl (C=O) groups excluding carboxylic acids is 1. The molecule has 1 saturated carbocycles. The molecule has 3 rings (SSSR count). The molecule has 6 heteroatoms. The van der Waals surface area contributed by atoms with Crippen molar-refractivity contribution in [3.63, 3.8) is 0 Å². The highest BCUT2D eigenvalue weighted by Crippen LogP contribution is 2.23. The van der Waals surface area contributed by atoms with Crippen molar-refractivity contribution >= 4 is 16.7 Å². The Morgan fingerprint density at radius 1 is 1.22 bits per heavy atom. The van der Waals surface area contributed by atoms with Crippen molar-refractivity contribution in [2.75, 3.05) is 0 Å². The third-order valence-electron chi connectivity index (χ3n) is 4.64. The van der Waals surface area contributed by atoms with Gasteiger partial charge >= 0.3 is 0 Å². The number of nitrogens with one attached hydrogen (secondary N) is 2. The minimum atomic E-state index is -0.362. The van der Waals surface area contributed by atoms with E-state index in [0.717, 1.165) is 23.9 Å². The molecule has 122 valence electrons. The first kappa shape index (κ1) is 15.5. The van der Waals surface area contributed by atoms with Crippen LogP contribution in [0.1, 0.15) is 32.6 Å². The molecule has 23 heavy (non-hydrogen) atoms. The van der Waals surface area contributed by atoms with Gasteiger partial charge in [-0.2, -0.15) is 0 Å². The molecule has 0 saturated heterocycles. The smallest absolute Gasteiger partial charge is 0.273 e. The summed E-state index contributed by atoms with van der Waals surface area (Å²) in [5.41, 5.74) is -0.717. The lowest BCUT2D eigenvalue weighted by Crippen LogP contribution is -2.44. The van der Waals surface area contributed by atoms with Gasteiger partial charge in [-0.1, -0.05) is 31.9 Å². The molecule has 1 fully saturated rings. The second-order valence-corrected chi connectivity index (χ2v) is 6.31. The molecule has 0 radical (unpaired) electrons. The summed E-state index contributed by atoms with van der Waals surface area (Å²) in [7, 11) is 0. The van der Waals surface area contributed by atoms with E-state index in [2.05, 4.69) is 17.3 Å². The molecule has 2 atom stereocenters. The Balaban J connectivity index is 1.81. The molecule has 2 aromatic rings. The monoisotopic (exact) mass is 315 g/mol. The lowest BCUT2D eigenvalue weighted by molar-refractivity contribution is -0.123. The van der Waals surface area contributed by atoms with Gasteiger partial charge < -0.3 is 5.32 Å². The first-order valence-electron chi connectivity index (χ1n) is 8.07. The van der Waals surface area contributed by atoms with Crippen LogP contribution >= 0.6 is 0 Å². The van der Waals surface area contributed by atoms with Crippen LogP contribution in [-0.4, -0.2) is 21.7 Å². The number of H-pyrrole nitrogens is 1. The minimum absolute atomic E-state index is 0.152.